The molecule has 1 heterocycles. The summed E-state index contributed by atoms with van der Waals surface area (Å²) in [6, 6.07) is 5.19. The molecular weight excluding hydrogens is 296 g/mol. The van der Waals surface area contributed by atoms with Crippen molar-refractivity contribution in [3.8, 4) is 0 Å². The number of fused-ring (bicyclic) bond motifs is 1. The van der Waals surface area contributed by atoms with Gasteiger partial charge in [-0.25, -0.2) is 4.68 Å². The second-order valence-corrected chi connectivity index (χ2v) is 6.28. The van der Waals surface area contributed by atoms with Crippen LogP contribution in [0.4, 0.5) is 0 Å². The summed E-state index contributed by atoms with van der Waals surface area (Å²) >= 11 is 0. The molecular formula is C16H22N4O3. The van der Waals surface area contributed by atoms with Crippen molar-refractivity contribution in [2.75, 3.05) is 13.2 Å². The van der Waals surface area contributed by atoms with Crippen molar-refractivity contribution in [3.05, 3.63) is 23.8 Å². The van der Waals surface area contributed by atoms with Crippen LogP contribution in [0.2, 0.25) is 0 Å². The fraction of sp³-hybridized carbons (Fsp3) is 0.500. The number of benzene rings is 1. The van der Waals surface area contributed by atoms with Crippen LogP contribution in [-0.4, -0.2) is 50.5 Å². The summed E-state index contributed by atoms with van der Waals surface area (Å²) in [5.74, 6) is -0.646. The van der Waals surface area contributed by atoms with Crippen molar-refractivity contribution in [1.29, 1.82) is 0 Å². The standard InChI is InChI=1S/C16H22N4O3/c1-6-23-14(21)10-20(16(2,3)4)15(22)11-7-8-12-13(9-11)19(5)18-17-12/h7-9H,6,10H2,1-5H3. The minimum absolute atomic E-state index is 0.0855. The molecule has 0 aliphatic heterocycles. The van der Waals surface area contributed by atoms with Gasteiger partial charge in [-0.1, -0.05) is 5.21 Å². The van der Waals surface area contributed by atoms with Crippen molar-refractivity contribution in [2.24, 2.45) is 7.05 Å². The molecule has 0 bridgehead atoms. The average molecular weight is 318 g/mol. The molecule has 0 saturated heterocycles. The number of amides is 1. The van der Waals surface area contributed by atoms with Gasteiger partial charge in [-0.2, -0.15) is 0 Å². The summed E-state index contributed by atoms with van der Waals surface area (Å²) in [6.45, 7) is 7.59. The van der Waals surface area contributed by atoms with Gasteiger partial charge in [-0.15, -0.1) is 5.10 Å². The number of ether oxygens (including phenoxy) is 1. The van der Waals surface area contributed by atoms with Crippen LogP contribution < -0.4 is 0 Å². The summed E-state index contributed by atoms with van der Waals surface area (Å²) in [7, 11) is 1.77. The molecule has 124 valence electrons. The summed E-state index contributed by atoms with van der Waals surface area (Å²) in [4.78, 5) is 26.2. The number of hydrogen-bond donors (Lipinski definition) is 0. The highest BCUT2D eigenvalue weighted by Gasteiger charge is 2.30. The maximum absolute atomic E-state index is 12.9. The van der Waals surface area contributed by atoms with E-state index in [-0.39, 0.29) is 19.1 Å². The summed E-state index contributed by atoms with van der Waals surface area (Å²) in [5.41, 5.74) is 1.46. The lowest BCUT2D eigenvalue weighted by atomic mass is 10.0. The second-order valence-electron chi connectivity index (χ2n) is 6.28. The van der Waals surface area contributed by atoms with E-state index in [2.05, 4.69) is 10.3 Å². The maximum atomic E-state index is 12.9. The predicted octanol–water partition coefficient (Wildman–Crippen LogP) is 1.77. The Morgan fingerprint density at radius 3 is 2.61 bits per heavy atom. The fourth-order valence-corrected chi connectivity index (χ4v) is 2.27. The molecule has 0 aliphatic rings. The lowest BCUT2D eigenvalue weighted by Crippen LogP contribution is -2.48. The Balaban J connectivity index is 2.34. The van der Waals surface area contributed by atoms with Crippen molar-refractivity contribution >= 4 is 22.9 Å². The number of esters is 1. The van der Waals surface area contributed by atoms with Crippen molar-refractivity contribution in [3.63, 3.8) is 0 Å². The second kappa shape index (κ2) is 6.36. The highest BCUT2D eigenvalue weighted by Crippen LogP contribution is 2.20. The highest BCUT2D eigenvalue weighted by atomic mass is 16.5. The van der Waals surface area contributed by atoms with Gasteiger partial charge in [-0.3, -0.25) is 9.59 Å². The van der Waals surface area contributed by atoms with E-state index in [0.717, 1.165) is 11.0 Å². The molecule has 1 amide bonds. The number of nitrogens with zero attached hydrogens (tertiary/aromatic N) is 4. The minimum atomic E-state index is -0.510. The molecule has 0 spiro atoms. The molecule has 0 fully saturated rings. The molecule has 1 aromatic carbocycles. The summed E-state index contributed by atoms with van der Waals surface area (Å²) in [5, 5.41) is 7.93. The Kier molecular flexibility index (Phi) is 4.68. The lowest BCUT2D eigenvalue weighted by molar-refractivity contribution is -0.144. The molecule has 7 heteroatoms. The zero-order valence-corrected chi connectivity index (χ0v) is 14.2. The number of carbonyl (C=O) groups excluding carboxylic acids is 2. The molecule has 0 radical (unpaired) electrons. The van der Waals surface area contributed by atoms with Crippen LogP contribution in [0.3, 0.4) is 0 Å². The molecule has 23 heavy (non-hydrogen) atoms. The van der Waals surface area contributed by atoms with Gasteiger partial charge in [0.05, 0.1) is 12.1 Å². The molecule has 0 N–H and O–H groups in total. The Bertz CT molecular complexity index is 730. The van der Waals surface area contributed by atoms with E-state index >= 15 is 0 Å². The molecule has 1 aromatic heterocycles. The van der Waals surface area contributed by atoms with E-state index in [1.807, 2.05) is 20.8 Å². The molecule has 0 saturated carbocycles. The van der Waals surface area contributed by atoms with Gasteiger partial charge in [0.15, 0.2) is 0 Å². The average Bonchev–Trinajstić information content (AvgIpc) is 2.84. The molecule has 7 nitrogen and oxygen atoms in total. The molecule has 0 atom stereocenters. The Morgan fingerprint density at radius 2 is 2.00 bits per heavy atom. The van der Waals surface area contributed by atoms with E-state index in [4.69, 9.17) is 4.74 Å². The maximum Gasteiger partial charge on any atom is 0.325 e. The van der Waals surface area contributed by atoms with Gasteiger partial charge < -0.3 is 9.64 Å². The number of rotatable bonds is 4. The van der Waals surface area contributed by atoms with Gasteiger partial charge >= 0.3 is 5.97 Å². The van der Waals surface area contributed by atoms with Crippen LogP contribution in [0.1, 0.15) is 38.1 Å². The highest BCUT2D eigenvalue weighted by molar-refractivity contribution is 5.99. The van der Waals surface area contributed by atoms with Crippen LogP contribution in [-0.2, 0) is 16.6 Å². The van der Waals surface area contributed by atoms with Gasteiger partial charge in [0.2, 0.25) is 0 Å². The van der Waals surface area contributed by atoms with E-state index in [1.165, 1.54) is 4.90 Å². The lowest BCUT2D eigenvalue weighted by Gasteiger charge is -2.35. The van der Waals surface area contributed by atoms with E-state index in [0.29, 0.717) is 5.56 Å². The summed E-state index contributed by atoms with van der Waals surface area (Å²) < 4.78 is 6.58. The summed E-state index contributed by atoms with van der Waals surface area (Å²) in [6.07, 6.45) is 0. The van der Waals surface area contributed by atoms with Crippen molar-refractivity contribution in [2.45, 2.75) is 33.2 Å². The molecule has 2 rings (SSSR count). The van der Waals surface area contributed by atoms with E-state index < -0.39 is 11.5 Å². The van der Waals surface area contributed by atoms with Gasteiger partial charge in [0.25, 0.3) is 5.91 Å². The Morgan fingerprint density at radius 1 is 1.30 bits per heavy atom. The van der Waals surface area contributed by atoms with Crippen LogP contribution in [0.25, 0.3) is 11.0 Å². The first-order valence-corrected chi connectivity index (χ1v) is 7.51. The van der Waals surface area contributed by atoms with Crippen LogP contribution in [0.5, 0.6) is 0 Å². The first-order valence-electron chi connectivity index (χ1n) is 7.51. The van der Waals surface area contributed by atoms with Crippen LogP contribution in [0, 0.1) is 0 Å². The topological polar surface area (TPSA) is 77.3 Å². The van der Waals surface area contributed by atoms with Crippen LogP contribution in [0.15, 0.2) is 18.2 Å². The van der Waals surface area contributed by atoms with Gasteiger partial charge in [-0.05, 0) is 45.9 Å². The SMILES string of the molecule is CCOC(=O)CN(C(=O)c1ccc2nnn(C)c2c1)C(C)(C)C. The van der Waals surface area contributed by atoms with Gasteiger partial charge in [0, 0.05) is 18.2 Å². The first kappa shape index (κ1) is 16.9. The number of aryl methyl sites for hydroxylation is 1. The van der Waals surface area contributed by atoms with E-state index in [1.54, 1.807) is 36.9 Å². The molecule has 0 aliphatic carbocycles. The Labute approximate surface area is 135 Å². The smallest absolute Gasteiger partial charge is 0.325 e. The minimum Gasteiger partial charge on any atom is -0.465 e. The van der Waals surface area contributed by atoms with Crippen molar-refractivity contribution in [1.82, 2.24) is 19.9 Å². The van der Waals surface area contributed by atoms with Crippen molar-refractivity contribution < 1.29 is 14.3 Å². The third-order valence-electron chi connectivity index (χ3n) is 3.51. The Hall–Kier alpha value is -2.44. The predicted molar refractivity (Wildman–Crippen MR) is 85.9 cm³/mol. The number of carbonyl (C=O) groups is 2. The largest absolute Gasteiger partial charge is 0.465 e. The van der Waals surface area contributed by atoms with E-state index in [9.17, 15) is 9.59 Å². The van der Waals surface area contributed by atoms with Gasteiger partial charge in [0.1, 0.15) is 12.1 Å². The quantitative estimate of drug-likeness (QED) is 0.803. The normalized spacial score (nSPS) is 11.5. The van der Waals surface area contributed by atoms with Crippen LogP contribution >= 0.6 is 0 Å². The zero-order valence-electron chi connectivity index (χ0n) is 14.2. The fourth-order valence-electron chi connectivity index (χ4n) is 2.27. The zero-order chi connectivity index (χ0) is 17.2. The third kappa shape index (κ3) is 3.67. The molecule has 0 unspecified atom stereocenters. The number of hydrogen-bond acceptors (Lipinski definition) is 5. The first-order chi connectivity index (χ1) is 10.7. The number of aromatic nitrogens is 3. The molecule has 2 aromatic rings. The monoisotopic (exact) mass is 318 g/mol. The third-order valence-corrected chi connectivity index (χ3v) is 3.51.